The summed E-state index contributed by atoms with van der Waals surface area (Å²) in [5.74, 6) is 1.00. The molecule has 3 heteroatoms. The molecular weight excluding hydrogens is 415 g/mol. The second kappa shape index (κ2) is 6.75. The summed E-state index contributed by atoms with van der Waals surface area (Å²) in [7, 11) is 0. The smallest absolute Gasteiger partial charge is 0.125 e. The number of hydrogen-bond donors (Lipinski definition) is 0. The van der Waals surface area contributed by atoms with Crippen molar-refractivity contribution in [1.29, 1.82) is 0 Å². The molecule has 0 bridgehead atoms. The van der Waals surface area contributed by atoms with Gasteiger partial charge in [0.25, 0.3) is 0 Å². The van der Waals surface area contributed by atoms with E-state index in [9.17, 15) is 0 Å². The van der Waals surface area contributed by atoms with Gasteiger partial charge in [-0.1, -0.05) is 40.2 Å². The van der Waals surface area contributed by atoms with Crippen LogP contribution in [0, 0.1) is 17.4 Å². The Labute approximate surface area is 136 Å². The van der Waals surface area contributed by atoms with Gasteiger partial charge in [0.2, 0.25) is 0 Å². The lowest BCUT2D eigenvalue weighted by Crippen LogP contribution is -1.99. The minimum atomic E-state index is 0.617. The molecule has 0 aliphatic rings. The molecule has 0 fully saturated rings. The molecule has 100 valence electrons. The summed E-state index contributed by atoms with van der Waals surface area (Å²) in [5.41, 5.74) is 4.88. The molecule has 2 aromatic rings. The first kappa shape index (κ1) is 14.9. The molecule has 0 saturated carbocycles. The summed E-state index contributed by atoms with van der Waals surface area (Å²) in [6, 6.07) is 12.8. The van der Waals surface area contributed by atoms with Crippen LogP contribution in [-0.2, 0) is 11.9 Å². The normalized spacial score (nSPS) is 10.5. The molecule has 0 radical (unpaired) electrons. The number of hydrogen-bond acceptors (Lipinski definition) is 1. The van der Waals surface area contributed by atoms with Crippen molar-refractivity contribution < 1.29 is 4.74 Å². The van der Waals surface area contributed by atoms with Crippen LogP contribution < -0.4 is 4.74 Å². The zero-order valence-corrected chi connectivity index (χ0v) is 14.8. The van der Waals surface area contributed by atoms with Gasteiger partial charge >= 0.3 is 0 Å². The fraction of sp³-hybridized carbons (Fsp3) is 0.250. The maximum absolute atomic E-state index is 5.98. The molecule has 0 amide bonds. The second-order valence-electron chi connectivity index (χ2n) is 4.61. The minimum absolute atomic E-state index is 0.617. The summed E-state index contributed by atoms with van der Waals surface area (Å²) in [6.45, 7) is 4.82. The maximum atomic E-state index is 5.98. The molecule has 0 aliphatic carbocycles. The van der Waals surface area contributed by atoms with Crippen molar-refractivity contribution in [1.82, 2.24) is 0 Å². The fourth-order valence-electron chi connectivity index (χ4n) is 2.08. The van der Waals surface area contributed by atoms with Crippen LogP contribution in [0.2, 0.25) is 0 Å². The number of benzene rings is 2. The van der Waals surface area contributed by atoms with E-state index < -0.39 is 0 Å². The molecule has 2 aromatic carbocycles. The van der Waals surface area contributed by atoms with E-state index >= 15 is 0 Å². The molecule has 0 atom stereocenters. The molecule has 0 spiro atoms. The van der Waals surface area contributed by atoms with E-state index in [1.165, 1.54) is 25.8 Å². The van der Waals surface area contributed by atoms with Crippen molar-refractivity contribution in [2.45, 2.75) is 25.8 Å². The maximum Gasteiger partial charge on any atom is 0.125 e. The first-order chi connectivity index (χ1) is 9.10. The Morgan fingerprint density at radius 1 is 1.00 bits per heavy atom. The average Bonchev–Trinajstić information content (AvgIpc) is 2.39. The molecule has 0 N–H and O–H groups in total. The third kappa shape index (κ3) is 3.96. The number of alkyl halides is 1. The largest absolute Gasteiger partial charge is 0.488 e. The van der Waals surface area contributed by atoms with Crippen LogP contribution >= 0.6 is 38.5 Å². The number of aryl methyl sites for hydroxylation is 2. The molecule has 0 aliphatic heterocycles. The van der Waals surface area contributed by atoms with E-state index in [4.69, 9.17) is 4.74 Å². The number of rotatable bonds is 4. The number of ether oxygens (including phenoxy) is 1. The summed E-state index contributed by atoms with van der Waals surface area (Å²) in [6.07, 6.45) is 0. The SMILES string of the molecule is Cc1cc(CBr)cc(C)c1OCc1ccc(I)cc1. The highest BCUT2D eigenvalue weighted by Gasteiger charge is 2.06. The van der Waals surface area contributed by atoms with Gasteiger partial charge in [-0.15, -0.1) is 0 Å². The van der Waals surface area contributed by atoms with Crippen molar-refractivity contribution >= 4 is 38.5 Å². The Hall–Kier alpha value is -0.550. The van der Waals surface area contributed by atoms with Gasteiger partial charge in [0.15, 0.2) is 0 Å². The highest BCUT2D eigenvalue weighted by molar-refractivity contribution is 14.1. The van der Waals surface area contributed by atoms with Crippen LogP contribution in [0.25, 0.3) is 0 Å². The second-order valence-corrected chi connectivity index (χ2v) is 6.41. The Balaban J connectivity index is 2.13. The van der Waals surface area contributed by atoms with E-state index in [0.29, 0.717) is 6.61 Å². The van der Waals surface area contributed by atoms with Gasteiger partial charge in [-0.2, -0.15) is 0 Å². The topological polar surface area (TPSA) is 9.23 Å². The van der Waals surface area contributed by atoms with Crippen molar-refractivity contribution in [3.05, 3.63) is 62.2 Å². The van der Waals surface area contributed by atoms with E-state index in [-0.39, 0.29) is 0 Å². The fourth-order valence-corrected chi connectivity index (χ4v) is 2.76. The predicted molar refractivity (Wildman–Crippen MR) is 92.0 cm³/mol. The van der Waals surface area contributed by atoms with E-state index in [1.807, 2.05) is 0 Å². The van der Waals surface area contributed by atoms with Crippen LogP contribution in [-0.4, -0.2) is 0 Å². The van der Waals surface area contributed by atoms with Gasteiger partial charge < -0.3 is 4.74 Å². The lowest BCUT2D eigenvalue weighted by atomic mass is 10.1. The van der Waals surface area contributed by atoms with E-state index in [2.05, 4.69) is 88.8 Å². The van der Waals surface area contributed by atoms with Gasteiger partial charge in [-0.05, 0) is 70.8 Å². The van der Waals surface area contributed by atoms with Crippen molar-refractivity contribution in [2.24, 2.45) is 0 Å². The lowest BCUT2D eigenvalue weighted by molar-refractivity contribution is 0.302. The highest BCUT2D eigenvalue weighted by Crippen LogP contribution is 2.26. The van der Waals surface area contributed by atoms with Crippen molar-refractivity contribution in [3.63, 3.8) is 0 Å². The first-order valence-electron chi connectivity index (χ1n) is 6.13. The summed E-state index contributed by atoms with van der Waals surface area (Å²) in [5, 5.41) is 0.881. The van der Waals surface area contributed by atoms with Crippen molar-refractivity contribution in [3.8, 4) is 5.75 Å². The molecule has 0 aromatic heterocycles. The highest BCUT2D eigenvalue weighted by atomic mass is 127. The molecule has 2 rings (SSSR count). The Morgan fingerprint density at radius 3 is 2.11 bits per heavy atom. The Kier molecular flexibility index (Phi) is 5.28. The Bertz CT molecular complexity index is 540. The third-order valence-corrected chi connectivity index (χ3v) is 4.34. The Morgan fingerprint density at radius 2 is 1.58 bits per heavy atom. The van der Waals surface area contributed by atoms with Gasteiger partial charge in [0.1, 0.15) is 12.4 Å². The minimum Gasteiger partial charge on any atom is -0.488 e. The first-order valence-corrected chi connectivity index (χ1v) is 8.33. The third-order valence-electron chi connectivity index (χ3n) is 2.97. The molecule has 1 nitrogen and oxygen atoms in total. The van der Waals surface area contributed by atoms with Crippen LogP contribution in [0.5, 0.6) is 5.75 Å². The predicted octanol–water partition coefficient (Wildman–Crippen LogP) is 5.38. The summed E-state index contributed by atoms with van der Waals surface area (Å²) < 4.78 is 7.22. The van der Waals surface area contributed by atoms with Crippen LogP contribution in [0.1, 0.15) is 22.3 Å². The quantitative estimate of drug-likeness (QED) is 0.467. The van der Waals surface area contributed by atoms with Gasteiger partial charge in [-0.25, -0.2) is 0 Å². The van der Waals surface area contributed by atoms with E-state index in [1.54, 1.807) is 0 Å². The summed E-state index contributed by atoms with van der Waals surface area (Å²) >= 11 is 5.80. The zero-order valence-electron chi connectivity index (χ0n) is 11.0. The van der Waals surface area contributed by atoms with Gasteiger partial charge in [-0.3, -0.25) is 0 Å². The molecule has 0 unspecified atom stereocenters. The van der Waals surface area contributed by atoms with Crippen molar-refractivity contribution in [2.75, 3.05) is 0 Å². The molecular formula is C16H16BrIO. The van der Waals surface area contributed by atoms with Crippen LogP contribution in [0.15, 0.2) is 36.4 Å². The monoisotopic (exact) mass is 430 g/mol. The molecule has 19 heavy (non-hydrogen) atoms. The van der Waals surface area contributed by atoms with Gasteiger partial charge in [0, 0.05) is 8.90 Å². The average molecular weight is 431 g/mol. The van der Waals surface area contributed by atoms with Gasteiger partial charge in [0.05, 0.1) is 0 Å². The van der Waals surface area contributed by atoms with Crippen LogP contribution in [0.3, 0.4) is 0 Å². The van der Waals surface area contributed by atoms with Crippen LogP contribution in [0.4, 0.5) is 0 Å². The molecule has 0 saturated heterocycles. The summed E-state index contributed by atoms with van der Waals surface area (Å²) in [4.78, 5) is 0. The lowest BCUT2D eigenvalue weighted by Gasteiger charge is -2.13. The zero-order chi connectivity index (χ0) is 13.8. The number of halogens is 2. The van der Waals surface area contributed by atoms with E-state index in [0.717, 1.165) is 11.1 Å². The standard InChI is InChI=1S/C16H16BrIO/c1-11-7-14(9-17)8-12(2)16(11)19-10-13-3-5-15(18)6-4-13/h3-8H,9-10H2,1-2H3. The molecule has 0 heterocycles.